The summed E-state index contributed by atoms with van der Waals surface area (Å²) >= 11 is 0. The molecule has 1 aliphatic heterocycles. The third kappa shape index (κ3) is 5.07. The first-order valence-electron chi connectivity index (χ1n) is 8.74. The number of piperidine rings is 1. The lowest BCUT2D eigenvalue weighted by Crippen LogP contribution is -2.45. The third-order valence-electron chi connectivity index (χ3n) is 5.13. The van der Waals surface area contributed by atoms with Gasteiger partial charge in [-0.1, -0.05) is 32.1 Å². The molecule has 0 aromatic rings. The zero-order valence-corrected chi connectivity index (χ0v) is 13.2. The van der Waals surface area contributed by atoms with Crippen LogP contribution in [-0.4, -0.2) is 36.6 Å². The summed E-state index contributed by atoms with van der Waals surface area (Å²) in [5, 5.41) is 3.50. The van der Waals surface area contributed by atoms with Gasteiger partial charge in [0.1, 0.15) is 0 Å². The van der Waals surface area contributed by atoms with Gasteiger partial charge >= 0.3 is 0 Å². The van der Waals surface area contributed by atoms with E-state index >= 15 is 0 Å². The predicted octanol–water partition coefficient (Wildman–Crippen LogP) is 3.81. The van der Waals surface area contributed by atoms with E-state index in [1.165, 1.54) is 77.4 Å². The summed E-state index contributed by atoms with van der Waals surface area (Å²) in [7, 11) is 0. The highest BCUT2D eigenvalue weighted by Gasteiger charge is 2.25. The Kier molecular flexibility index (Phi) is 6.66. The van der Waals surface area contributed by atoms with Crippen LogP contribution < -0.4 is 5.32 Å². The molecule has 1 N–H and O–H groups in total. The molecule has 2 nitrogen and oxygen atoms in total. The van der Waals surface area contributed by atoms with Crippen molar-refractivity contribution in [1.82, 2.24) is 10.2 Å². The Morgan fingerprint density at radius 3 is 2.05 bits per heavy atom. The molecule has 0 bridgehead atoms. The van der Waals surface area contributed by atoms with E-state index < -0.39 is 0 Å². The number of nitrogens with one attached hydrogen (secondary N) is 1. The second-order valence-electron chi connectivity index (χ2n) is 6.98. The molecule has 2 fully saturated rings. The second-order valence-corrected chi connectivity index (χ2v) is 6.98. The molecule has 1 saturated carbocycles. The minimum Gasteiger partial charge on any atom is -0.317 e. The topological polar surface area (TPSA) is 15.3 Å². The molecular formula is C17H34N2. The maximum absolute atomic E-state index is 3.50. The molecule has 19 heavy (non-hydrogen) atoms. The molecule has 2 rings (SSSR count). The molecule has 1 heterocycles. The first-order chi connectivity index (χ1) is 9.27. The smallest absolute Gasteiger partial charge is 0.00980 e. The van der Waals surface area contributed by atoms with E-state index in [2.05, 4.69) is 24.1 Å². The third-order valence-corrected chi connectivity index (χ3v) is 5.13. The average Bonchev–Trinajstić information content (AvgIpc) is 2.37. The zero-order chi connectivity index (χ0) is 13.5. The van der Waals surface area contributed by atoms with Crippen molar-refractivity contribution in [3.8, 4) is 0 Å². The van der Waals surface area contributed by atoms with Crippen LogP contribution >= 0.6 is 0 Å². The van der Waals surface area contributed by atoms with Crippen LogP contribution in [0.2, 0.25) is 0 Å². The Morgan fingerprint density at radius 2 is 1.47 bits per heavy atom. The van der Waals surface area contributed by atoms with Crippen LogP contribution in [0.1, 0.15) is 71.6 Å². The summed E-state index contributed by atoms with van der Waals surface area (Å²) in [6, 6.07) is 1.59. The number of nitrogens with zero attached hydrogens (tertiary/aromatic N) is 1. The van der Waals surface area contributed by atoms with Gasteiger partial charge in [-0.05, 0) is 58.5 Å². The first-order valence-corrected chi connectivity index (χ1v) is 8.74. The molecular weight excluding hydrogens is 232 g/mol. The van der Waals surface area contributed by atoms with Gasteiger partial charge in [0.15, 0.2) is 0 Å². The normalized spacial score (nSPS) is 24.6. The highest BCUT2D eigenvalue weighted by molar-refractivity contribution is 4.80. The highest BCUT2D eigenvalue weighted by atomic mass is 15.2. The average molecular weight is 266 g/mol. The molecule has 2 aliphatic rings. The van der Waals surface area contributed by atoms with Crippen LogP contribution in [0, 0.1) is 5.92 Å². The molecule has 0 radical (unpaired) electrons. The van der Waals surface area contributed by atoms with Crippen LogP contribution in [0.4, 0.5) is 0 Å². The summed E-state index contributed by atoms with van der Waals surface area (Å²) in [6.07, 6.45) is 13.0. The van der Waals surface area contributed by atoms with Gasteiger partial charge in [-0.3, -0.25) is 4.90 Å². The molecule has 0 amide bonds. The number of rotatable bonds is 4. The lowest BCUT2D eigenvalue weighted by atomic mass is 9.92. The van der Waals surface area contributed by atoms with E-state index in [0.717, 1.165) is 18.0 Å². The Hall–Kier alpha value is -0.0800. The van der Waals surface area contributed by atoms with E-state index in [4.69, 9.17) is 0 Å². The van der Waals surface area contributed by atoms with Crippen molar-refractivity contribution in [1.29, 1.82) is 0 Å². The van der Waals surface area contributed by atoms with Gasteiger partial charge in [-0.25, -0.2) is 0 Å². The lowest BCUT2D eigenvalue weighted by molar-refractivity contribution is 0.0981. The molecule has 1 saturated heterocycles. The summed E-state index contributed by atoms with van der Waals surface area (Å²) in [5.74, 6) is 0.939. The van der Waals surface area contributed by atoms with Crippen molar-refractivity contribution < 1.29 is 0 Å². The Balaban J connectivity index is 1.88. The van der Waals surface area contributed by atoms with Crippen molar-refractivity contribution in [2.45, 2.75) is 83.7 Å². The summed E-state index contributed by atoms with van der Waals surface area (Å²) in [4.78, 5) is 2.85. The van der Waals surface area contributed by atoms with Crippen LogP contribution in [0.15, 0.2) is 0 Å². The van der Waals surface area contributed by atoms with E-state index in [1.807, 2.05) is 0 Å². The van der Waals surface area contributed by atoms with Gasteiger partial charge in [0, 0.05) is 18.6 Å². The van der Waals surface area contributed by atoms with Crippen molar-refractivity contribution in [2.24, 2.45) is 5.92 Å². The Labute approximate surface area is 120 Å². The van der Waals surface area contributed by atoms with Crippen molar-refractivity contribution in [3.05, 3.63) is 0 Å². The largest absolute Gasteiger partial charge is 0.317 e. The standard InChI is InChI=1S/C17H34N2/c1-15(2)19(14-16-10-12-18-13-11-16)17-8-6-4-3-5-7-9-17/h15-18H,3-14H2,1-2H3. The molecule has 0 aromatic carbocycles. The Bertz CT molecular complexity index is 225. The molecule has 0 unspecified atom stereocenters. The molecule has 2 heteroatoms. The van der Waals surface area contributed by atoms with E-state index in [1.54, 1.807) is 0 Å². The predicted molar refractivity (Wildman–Crippen MR) is 83.5 cm³/mol. The minimum absolute atomic E-state index is 0.722. The second kappa shape index (κ2) is 8.26. The van der Waals surface area contributed by atoms with Crippen molar-refractivity contribution in [3.63, 3.8) is 0 Å². The quantitative estimate of drug-likeness (QED) is 0.832. The fourth-order valence-corrected chi connectivity index (χ4v) is 3.91. The zero-order valence-electron chi connectivity index (χ0n) is 13.2. The van der Waals surface area contributed by atoms with Gasteiger partial charge in [-0.15, -0.1) is 0 Å². The van der Waals surface area contributed by atoms with Gasteiger partial charge < -0.3 is 5.32 Å². The maximum Gasteiger partial charge on any atom is 0.00980 e. The van der Waals surface area contributed by atoms with Gasteiger partial charge in [-0.2, -0.15) is 0 Å². The molecule has 1 aliphatic carbocycles. The summed E-state index contributed by atoms with van der Waals surface area (Å²) in [5.41, 5.74) is 0. The lowest BCUT2D eigenvalue weighted by Gasteiger charge is -2.39. The molecule has 0 atom stereocenters. The number of hydrogen-bond acceptors (Lipinski definition) is 2. The molecule has 112 valence electrons. The monoisotopic (exact) mass is 266 g/mol. The van der Waals surface area contributed by atoms with Crippen LogP contribution in [-0.2, 0) is 0 Å². The molecule has 0 aromatic heterocycles. The van der Waals surface area contributed by atoms with E-state index in [-0.39, 0.29) is 0 Å². The highest BCUT2D eigenvalue weighted by Crippen LogP contribution is 2.25. The summed E-state index contributed by atoms with van der Waals surface area (Å²) in [6.45, 7) is 8.63. The maximum atomic E-state index is 3.50. The van der Waals surface area contributed by atoms with Crippen LogP contribution in [0.5, 0.6) is 0 Å². The van der Waals surface area contributed by atoms with Crippen LogP contribution in [0.3, 0.4) is 0 Å². The first kappa shape index (κ1) is 15.3. The van der Waals surface area contributed by atoms with Crippen LogP contribution in [0.25, 0.3) is 0 Å². The summed E-state index contributed by atoms with van der Waals surface area (Å²) < 4.78 is 0. The van der Waals surface area contributed by atoms with E-state index in [9.17, 15) is 0 Å². The minimum atomic E-state index is 0.722. The SMILES string of the molecule is CC(C)N(CC1CCNCC1)C1CCCCCCC1. The number of hydrogen-bond donors (Lipinski definition) is 1. The Morgan fingerprint density at radius 1 is 0.895 bits per heavy atom. The molecule has 0 spiro atoms. The fourth-order valence-electron chi connectivity index (χ4n) is 3.91. The van der Waals surface area contributed by atoms with Gasteiger partial charge in [0.2, 0.25) is 0 Å². The van der Waals surface area contributed by atoms with Gasteiger partial charge in [0.05, 0.1) is 0 Å². The fraction of sp³-hybridized carbons (Fsp3) is 1.00. The van der Waals surface area contributed by atoms with Crippen molar-refractivity contribution >= 4 is 0 Å². The van der Waals surface area contributed by atoms with E-state index in [0.29, 0.717) is 0 Å². The van der Waals surface area contributed by atoms with Crippen molar-refractivity contribution in [2.75, 3.05) is 19.6 Å². The van der Waals surface area contributed by atoms with Gasteiger partial charge in [0.25, 0.3) is 0 Å².